The molecule has 0 saturated carbocycles. The predicted octanol–water partition coefficient (Wildman–Crippen LogP) is 4.60. The van der Waals surface area contributed by atoms with Crippen molar-refractivity contribution in [2.45, 2.75) is 13.5 Å². The zero-order valence-electron chi connectivity index (χ0n) is 17.8. The number of hydrogen-bond donors (Lipinski definition) is 3. The van der Waals surface area contributed by atoms with Crippen LogP contribution in [0.2, 0.25) is 5.02 Å². The van der Waals surface area contributed by atoms with E-state index in [9.17, 15) is 4.79 Å². The van der Waals surface area contributed by atoms with E-state index < -0.39 is 0 Å². The second-order valence-corrected chi connectivity index (χ2v) is 8.60. The first-order chi connectivity index (χ1) is 16.0. The fourth-order valence-electron chi connectivity index (χ4n) is 3.68. The third-order valence-electron chi connectivity index (χ3n) is 5.12. The fraction of sp³-hybridized carbons (Fsp3) is 0.182. The first-order valence-electron chi connectivity index (χ1n) is 10.2. The summed E-state index contributed by atoms with van der Waals surface area (Å²) < 4.78 is 11.5. The van der Waals surface area contributed by atoms with Crippen molar-refractivity contribution in [3.63, 3.8) is 0 Å². The number of fused-ring (bicyclic) bond motifs is 1. The molecule has 4 heterocycles. The zero-order valence-corrected chi connectivity index (χ0v) is 19.4. The number of rotatable bonds is 6. The van der Waals surface area contributed by atoms with Gasteiger partial charge in [-0.1, -0.05) is 17.7 Å². The summed E-state index contributed by atoms with van der Waals surface area (Å²) in [5, 5.41) is 15.6. The summed E-state index contributed by atoms with van der Waals surface area (Å²) in [4.78, 5) is 17.2. The minimum Gasteiger partial charge on any atom is -0.493 e. The smallest absolute Gasteiger partial charge is 0.271 e. The summed E-state index contributed by atoms with van der Waals surface area (Å²) in [7, 11) is 1.55. The minimum atomic E-state index is -0.198. The molecule has 1 aromatic carbocycles. The van der Waals surface area contributed by atoms with Gasteiger partial charge >= 0.3 is 0 Å². The van der Waals surface area contributed by atoms with Crippen LogP contribution in [0, 0.1) is 6.92 Å². The number of methoxy groups -OCH3 is 1. The van der Waals surface area contributed by atoms with Crippen molar-refractivity contribution in [2.24, 2.45) is 0 Å². The van der Waals surface area contributed by atoms with Gasteiger partial charge in [0.25, 0.3) is 5.91 Å². The van der Waals surface area contributed by atoms with Crippen LogP contribution in [0.25, 0.3) is 11.3 Å². The topological polar surface area (TPSA) is 106 Å². The van der Waals surface area contributed by atoms with Crippen LogP contribution in [0.5, 0.6) is 5.75 Å². The Morgan fingerprint density at radius 1 is 1.24 bits per heavy atom. The van der Waals surface area contributed by atoms with Crippen LogP contribution in [0.1, 0.15) is 16.2 Å². The number of halogens is 1. The molecule has 0 radical (unpaired) electrons. The number of aromatic nitrogens is 4. The number of aryl methyl sites for hydroxylation is 1. The van der Waals surface area contributed by atoms with E-state index in [1.807, 2.05) is 37.3 Å². The van der Waals surface area contributed by atoms with Crippen molar-refractivity contribution >= 4 is 51.2 Å². The molecule has 1 aliphatic rings. The molecule has 0 fully saturated rings. The summed E-state index contributed by atoms with van der Waals surface area (Å²) in [6.07, 6.45) is 1.70. The lowest BCUT2D eigenvalue weighted by molar-refractivity contribution is 0.0925. The number of ether oxygens (including phenoxy) is 1. The normalized spacial score (nSPS) is 12.8. The number of hydrogen-bond acceptors (Lipinski definition) is 8. The second kappa shape index (κ2) is 8.72. The Bertz CT molecular complexity index is 1350. The molecular weight excluding hydrogens is 462 g/mol. The monoisotopic (exact) mass is 481 g/mol. The van der Waals surface area contributed by atoms with Crippen LogP contribution < -0.4 is 20.7 Å². The molecule has 168 valence electrons. The van der Waals surface area contributed by atoms with Gasteiger partial charge in [0.1, 0.15) is 22.2 Å². The highest BCUT2D eigenvalue weighted by Gasteiger charge is 2.28. The van der Waals surface area contributed by atoms with Crippen LogP contribution in [0.3, 0.4) is 0 Å². The van der Waals surface area contributed by atoms with E-state index in [1.165, 1.54) is 11.5 Å². The fourth-order valence-corrected chi connectivity index (χ4v) is 4.60. The van der Waals surface area contributed by atoms with Crippen molar-refractivity contribution in [3.8, 4) is 17.0 Å². The Morgan fingerprint density at radius 3 is 2.91 bits per heavy atom. The molecule has 5 rings (SSSR count). The number of carbonyl (C=O) groups is 1. The van der Waals surface area contributed by atoms with E-state index in [1.54, 1.807) is 24.1 Å². The summed E-state index contributed by atoms with van der Waals surface area (Å²) in [6, 6.07) is 11.1. The van der Waals surface area contributed by atoms with Gasteiger partial charge in [-0.05, 0) is 48.8 Å². The molecule has 33 heavy (non-hydrogen) atoms. The number of amides is 1. The first kappa shape index (κ1) is 21.2. The lowest BCUT2D eigenvalue weighted by Gasteiger charge is -2.17. The molecule has 4 aromatic rings. The van der Waals surface area contributed by atoms with Crippen molar-refractivity contribution in [3.05, 3.63) is 59.0 Å². The summed E-state index contributed by atoms with van der Waals surface area (Å²) in [5.74, 6) is 0.938. The van der Waals surface area contributed by atoms with E-state index in [0.717, 1.165) is 16.3 Å². The molecule has 1 aliphatic heterocycles. The quantitative estimate of drug-likeness (QED) is 0.369. The highest BCUT2D eigenvalue weighted by molar-refractivity contribution is 7.10. The minimum absolute atomic E-state index is 0.198. The number of benzene rings is 1. The number of carbonyl (C=O) groups excluding carboxylic acids is 1. The maximum atomic E-state index is 12.8. The maximum absolute atomic E-state index is 12.8. The van der Waals surface area contributed by atoms with E-state index in [-0.39, 0.29) is 5.91 Å². The molecule has 0 atom stereocenters. The van der Waals surface area contributed by atoms with Gasteiger partial charge in [0.2, 0.25) is 0 Å². The Morgan fingerprint density at radius 2 is 2.12 bits per heavy atom. The number of nitrogens with zero attached hydrogens (tertiary/aromatic N) is 4. The van der Waals surface area contributed by atoms with Gasteiger partial charge < -0.3 is 20.7 Å². The second-order valence-electron chi connectivity index (χ2n) is 7.38. The largest absolute Gasteiger partial charge is 0.493 e. The number of nitrogens with one attached hydrogen (secondary N) is 3. The standard InChI is InChI=1S/C22H20ClN7O2S/c1-12-10-17(33-29-12)27-16-11-13(6-7-24-16)18-19(20-22(31)25-8-9-30(20)28-18)26-15-5-3-4-14(23)21(15)32-2/h3-7,10-11,26H,8-9H2,1-2H3,(H,24,27)(H,25,31). The van der Waals surface area contributed by atoms with Gasteiger partial charge in [0, 0.05) is 18.3 Å². The average molecular weight is 482 g/mol. The average Bonchev–Trinajstić information content (AvgIpc) is 3.38. The van der Waals surface area contributed by atoms with Gasteiger partial charge in [-0.2, -0.15) is 9.47 Å². The molecule has 0 aliphatic carbocycles. The molecule has 0 unspecified atom stereocenters. The Kier molecular flexibility index (Phi) is 5.61. The van der Waals surface area contributed by atoms with Crippen molar-refractivity contribution in [1.29, 1.82) is 0 Å². The molecular formula is C22H20ClN7O2S. The van der Waals surface area contributed by atoms with Gasteiger partial charge in [0.15, 0.2) is 5.75 Å². The highest BCUT2D eigenvalue weighted by Crippen LogP contribution is 2.39. The van der Waals surface area contributed by atoms with Crippen LogP contribution in [-0.4, -0.2) is 38.7 Å². The number of para-hydroxylation sites is 1. The van der Waals surface area contributed by atoms with Gasteiger partial charge in [-0.15, -0.1) is 0 Å². The van der Waals surface area contributed by atoms with E-state index in [0.29, 0.717) is 52.4 Å². The van der Waals surface area contributed by atoms with Crippen LogP contribution >= 0.6 is 23.1 Å². The molecule has 0 saturated heterocycles. The molecule has 9 nitrogen and oxygen atoms in total. The molecule has 0 bridgehead atoms. The lowest BCUT2D eigenvalue weighted by atomic mass is 10.1. The molecule has 3 N–H and O–H groups in total. The highest BCUT2D eigenvalue weighted by atomic mass is 35.5. The first-order valence-corrected chi connectivity index (χ1v) is 11.3. The Labute approximate surface area is 198 Å². The van der Waals surface area contributed by atoms with E-state index in [4.69, 9.17) is 21.4 Å². The van der Waals surface area contributed by atoms with Crippen LogP contribution in [0.15, 0.2) is 42.6 Å². The third kappa shape index (κ3) is 4.10. The molecule has 0 spiro atoms. The summed E-state index contributed by atoms with van der Waals surface area (Å²) in [6.45, 7) is 3.02. The molecule has 11 heteroatoms. The predicted molar refractivity (Wildman–Crippen MR) is 129 cm³/mol. The van der Waals surface area contributed by atoms with Gasteiger partial charge in [0.05, 0.1) is 35.7 Å². The van der Waals surface area contributed by atoms with Crippen molar-refractivity contribution < 1.29 is 9.53 Å². The van der Waals surface area contributed by atoms with Crippen LogP contribution in [0.4, 0.5) is 22.2 Å². The van der Waals surface area contributed by atoms with E-state index in [2.05, 4.69) is 25.3 Å². The SMILES string of the molecule is COc1c(Cl)cccc1Nc1c(-c2ccnc(Nc3cc(C)ns3)c2)nn2c1C(=O)NCC2. The summed E-state index contributed by atoms with van der Waals surface area (Å²) in [5.41, 5.74) is 4.00. The zero-order chi connectivity index (χ0) is 22.9. The van der Waals surface area contributed by atoms with Gasteiger partial charge in [-0.25, -0.2) is 4.98 Å². The number of anilines is 4. The lowest BCUT2D eigenvalue weighted by Crippen LogP contribution is -2.35. The Hall–Kier alpha value is -3.63. The number of pyridine rings is 1. The van der Waals surface area contributed by atoms with E-state index >= 15 is 0 Å². The van der Waals surface area contributed by atoms with Gasteiger partial charge in [-0.3, -0.25) is 9.48 Å². The summed E-state index contributed by atoms with van der Waals surface area (Å²) >= 11 is 7.68. The third-order valence-corrected chi connectivity index (χ3v) is 6.21. The van der Waals surface area contributed by atoms with Crippen molar-refractivity contribution in [2.75, 3.05) is 24.3 Å². The Balaban J connectivity index is 1.59. The van der Waals surface area contributed by atoms with Crippen LogP contribution in [-0.2, 0) is 6.54 Å². The molecule has 3 aromatic heterocycles. The van der Waals surface area contributed by atoms with Crippen molar-refractivity contribution in [1.82, 2.24) is 24.5 Å². The maximum Gasteiger partial charge on any atom is 0.271 e. The molecule has 1 amide bonds.